The summed E-state index contributed by atoms with van der Waals surface area (Å²) in [4.78, 5) is 11.9. The number of hydrogen-bond acceptors (Lipinski definition) is 2. The average Bonchev–Trinajstić information content (AvgIpc) is 2.79. The van der Waals surface area contributed by atoms with Crippen LogP contribution in [0.15, 0.2) is 0 Å². The van der Waals surface area contributed by atoms with Crippen LogP contribution in [0.25, 0.3) is 0 Å². The Morgan fingerprint density at radius 1 is 0.581 bits per heavy atom. The summed E-state index contributed by atoms with van der Waals surface area (Å²) >= 11 is 0. The first kappa shape index (κ1) is 30.7. The second-order valence-corrected chi connectivity index (χ2v) is 14.0. The maximum absolute atomic E-state index is 11.9. The van der Waals surface area contributed by atoms with Gasteiger partial charge in [0.25, 0.3) is 0 Å². The lowest BCUT2D eigenvalue weighted by Crippen LogP contribution is -2.29. The predicted octanol–water partition coefficient (Wildman–Crippen LogP) is 9.40. The smallest absolute Gasteiger partial charge is 0.409 e. The van der Waals surface area contributed by atoms with Gasteiger partial charge in [-0.15, -0.1) is 0 Å². The van der Waals surface area contributed by atoms with Gasteiger partial charge in [0.2, 0.25) is 0 Å². The van der Waals surface area contributed by atoms with Gasteiger partial charge >= 0.3 is 6.09 Å². The van der Waals surface area contributed by atoms with E-state index < -0.39 is 7.26 Å². The quantitative estimate of drug-likeness (QED) is 0.122. The van der Waals surface area contributed by atoms with Crippen molar-refractivity contribution >= 4 is 13.4 Å². The van der Waals surface area contributed by atoms with Gasteiger partial charge in [0.15, 0.2) is 0 Å². The van der Waals surface area contributed by atoms with E-state index >= 15 is 0 Å². The molecule has 0 radical (unpaired) electrons. The topological polar surface area (TPSA) is 38.3 Å². The van der Waals surface area contributed by atoms with Crippen molar-refractivity contribution in [2.24, 2.45) is 0 Å². The number of nitrogens with one attached hydrogen (secondary N) is 1. The van der Waals surface area contributed by atoms with Gasteiger partial charge in [-0.3, -0.25) is 5.32 Å². The van der Waals surface area contributed by atoms with Crippen LogP contribution in [0, 0.1) is 0 Å². The minimum Gasteiger partial charge on any atom is -0.453 e. The molecule has 0 aliphatic rings. The van der Waals surface area contributed by atoms with Gasteiger partial charge in [-0.1, -0.05) is 97.8 Å². The van der Waals surface area contributed by atoms with Crippen molar-refractivity contribution in [3.05, 3.63) is 0 Å². The van der Waals surface area contributed by atoms with E-state index in [1.807, 2.05) is 0 Å². The van der Waals surface area contributed by atoms with E-state index in [4.69, 9.17) is 4.74 Å². The lowest BCUT2D eigenvalue weighted by Gasteiger charge is -2.28. The lowest BCUT2D eigenvalue weighted by atomic mass is 10.1. The Bertz CT molecular complexity index is 349. The van der Waals surface area contributed by atoms with E-state index in [9.17, 15) is 4.79 Å². The van der Waals surface area contributed by atoms with Crippen molar-refractivity contribution < 1.29 is 9.53 Å². The number of hydrogen-bond donors (Lipinski definition) is 1. The van der Waals surface area contributed by atoms with Crippen LogP contribution in [0.5, 0.6) is 0 Å². The zero-order valence-corrected chi connectivity index (χ0v) is 22.7. The molecule has 0 atom stereocenters. The maximum Gasteiger partial charge on any atom is 0.409 e. The third-order valence-corrected chi connectivity index (χ3v) is 11.3. The first-order valence-electron chi connectivity index (χ1n) is 13.8. The van der Waals surface area contributed by atoms with Crippen LogP contribution in [-0.2, 0) is 4.74 Å². The molecule has 0 aliphatic carbocycles. The minimum atomic E-state index is -1.14. The summed E-state index contributed by atoms with van der Waals surface area (Å²) in [6, 6.07) is 0. The molecule has 0 aromatic rings. The number of carbonyl (C=O) groups excluding carboxylic acids is 1. The summed E-state index contributed by atoms with van der Waals surface area (Å²) in [5, 5.41) is 3.15. The Labute approximate surface area is 196 Å². The second-order valence-electron chi connectivity index (χ2n) is 9.64. The molecule has 1 amide bonds. The lowest BCUT2D eigenvalue weighted by molar-refractivity contribution is 0.173. The van der Waals surface area contributed by atoms with Crippen molar-refractivity contribution in [2.75, 3.05) is 31.9 Å². The Kier molecular flexibility index (Phi) is 22.7. The van der Waals surface area contributed by atoms with Crippen LogP contribution < -0.4 is 5.32 Å². The molecule has 31 heavy (non-hydrogen) atoms. The van der Waals surface area contributed by atoms with Gasteiger partial charge in [0, 0.05) is 7.26 Å². The number of alkyl carbamates (subject to hydrolysis) is 1. The van der Waals surface area contributed by atoms with E-state index in [0.29, 0.717) is 0 Å². The molecule has 0 rings (SSSR count). The highest BCUT2D eigenvalue weighted by atomic mass is 31.2. The van der Waals surface area contributed by atoms with Gasteiger partial charge < -0.3 is 4.74 Å². The molecular weight excluding hydrogens is 401 g/mol. The molecule has 0 heterocycles. The number of carbonyl (C=O) groups is 1. The Hall–Kier alpha value is -0.300. The molecule has 0 unspecified atom stereocenters. The number of ether oxygens (including phenoxy) is 1. The molecule has 186 valence electrons. The van der Waals surface area contributed by atoms with E-state index in [0.717, 1.165) is 6.29 Å². The first-order chi connectivity index (χ1) is 15.1. The van der Waals surface area contributed by atoms with Gasteiger partial charge in [0.1, 0.15) is 6.29 Å². The molecule has 0 saturated carbocycles. The Morgan fingerprint density at radius 2 is 0.903 bits per heavy atom. The SMILES string of the molecule is CCCCCCCC[P+](CCCCCCCC)(CCCCCCCC)CNC(=O)OC. The van der Waals surface area contributed by atoms with E-state index in [2.05, 4.69) is 26.1 Å². The summed E-state index contributed by atoms with van der Waals surface area (Å²) in [5.41, 5.74) is 0. The van der Waals surface area contributed by atoms with Gasteiger partial charge in [-0.05, 0) is 38.5 Å². The highest BCUT2D eigenvalue weighted by Crippen LogP contribution is 2.60. The van der Waals surface area contributed by atoms with Crippen LogP contribution in [0.4, 0.5) is 4.79 Å². The van der Waals surface area contributed by atoms with Crippen molar-refractivity contribution in [1.29, 1.82) is 0 Å². The molecular formula is C27H57NO2P+. The molecule has 0 saturated heterocycles. The fraction of sp³-hybridized carbons (Fsp3) is 0.963. The largest absolute Gasteiger partial charge is 0.453 e. The van der Waals surface area contributed by atoms with Crippen LogP contribution in [-0.4, -0.2) is 38.0 Å². The van der Waals surface area contributed by atoms with Gasteiger partial charge in [-0.25, -0.2) is 4.79 Å². The molecule has 0 spiro atoms. The average molecular weight is 459 g/mol. The van der Waals surface area contributed by atoms with Gasteiger partial charge in [-0.2, -0.15) is 0 Å². The Morgan fingerprint density at radius 3 is 1.23 bits per heavy atom. The minimum absolute atomic E-state index is 0.238. The van der Waals surface area contributed by atoms with Crippen LogP contribution in [0.1, 0.15) is 136 Å². The molecule has 0 aromatic heterocycles. The normalized spacial score (nSPS) is 11.6. The van der Waals surface area contributed by atoms with E-state index in [-0.39, 0.29) is 6.09 Å². The molecule has 0 fully saturated rings. The molecule has 1 N–H and O–H groups in total. The van der Waals surface area contributed by atoms with Crippen molar-refractivity contribution in [3.8, 4) is 0 Å². The van der Waals surface area contributed by atoms with Gasteiger partial charge in [0.05, 0.1) is 25.6 Å². The first-order valence-corrected chi connectivity index (χ1v) is 16.3. The van der Waals surface area contributed by atoms with Crippen LogP contribution in [0.2, 0.25) is 0 Å². The fourth-order valence-electron chi connectivity index (χ4n) is 4.56. The summed E-state index contributed by atoms with van der Waals surface area (Å²) in [7, 11) is 0.349. The third-order valence-electron chi connectivity index (χ3n) is 6.70. The van der Waals surface area contributed by atoms with Crippen molar-refractivity contribution in [1.82, 2.24) is 5.32 Å². The standard InChI is InChI=1S/C27H56NO2P/c1-5-8-11-14-17-20-23-31(26-28-27(29)30-4,24-21-18-15-12-9-6-2)25-22-19-16-13-10-7-3/h5-26H2,1-4H3/p+1. The highest BCUT2D eigenvalue weighted by molar-refractivity contribution is 7.75. The number of unbranched alkanes of at least 4 members (excludes halogenated alkanes) is 15. The molecule has 3 nitrogen and oxygen atoms in total. The molecule has 0 aromatic carbocycles. The fourth-order valence-corrected chi connectivity index (χ4v) is 8.85. The summed E-state index contributed by atoms with van der Waals surface area (Å²) in [5.74, 6) is 0. The highest BCUT2D eigenvalue weighted by Gasteiger charge is 2.36. The zero-order chi connectivity index (χ0) is 23.0. The summed E-state index contributed by atoms with van der Waals surface area (Å²) < 4.78 is 4.92. The van der Waals surface area contributed by atoms with Crippen LogP contribution >= 0.6 is 7.26 Å². The summed E-state index contributed by atoms with van der Waals surface area (Å²) in [6.07, 6.45) is 29.3. The summed E-state index contributed by atoms with van der Waals surface area (Å²) in [6.45, 7) is 6.86. The monoisotopic (exact) mass is 458 g/mol. The molecule has 0 aliphatic heterocycles. The van der Waals surface area contributed by atoms with E-state index in [1.165, 1.54) is 141 Å². The van der Waals surface area contributed by atoms with Crippen molar-refractivity contribution in [3.63, 3.8) is 0 Å². The predicted molar refractivity (Wildman–Crippen MR) is 142 cm³/mol. The maximum atomic E-state index is 11.9. The number of methoxy groups -OCH3 is 1. The molecule has 4 heteroatoms. The zero-order valence-electron chi connectivity index (χ0n) is 21.8. The Balaban J connectivity index is 4.78. The number of amides is 1. The van der Waals surface area contributed by atoms with Crippen LogP contribution in [0.3, 0.4) is 0 Å². The number of rotatable bonds is 23. The van der Waals surface area contributed by atoms with Crippen molar-refractivity contribution in [2.45, 2.75) is 136 Å². The second kappa shape index (κ2) is 22.9. The molecule has 0 bridgehead atoms. The van der Waals surface area contributed by atoms with E-state index in [1.54, 1.807) is 0 Å². The third kappa shape index (κ3) is 18.9.